The average molecular weight is 326 g/mol. The molecule has 1 aromatic carbocycles. The molecule has 120 valence electrons. The molecule has 23 heavy (non-hydrogen) atoms. The van der Waals surface area contributed by atoms with Gasteiger partial charge in [0.25, 0.3) is 5.56 Å². The molecule has 3 rings (SSSR count). The Labute approximate surface area is 140 Å². The third-order valence-corrected chi connectivity index (χ3v) is 5.21. The van der Waals surface area contributed by atoms with E-state index in [9.17, 15) is 4.79 Å². The number of hydrogen-bond donors (Lipinski definition) is 0. The van der Waals surface area contributed by atoms with E-state index in [2.05, 4.69) is 56.3 Å². The van der Waals surface area contributed by atoms with Gasteiger partial charge in [0.1, 0.15) is 4.83 Å². The zero-order valence-electron chi connectivity index (χ0n) is 14.1. The predicted molar refractivity (Wildman–Crippen MR) is 98.2 cm³/mol. The van der Waals surface area contributed by atoms with Crippen molar-refractivity contribution in [2.24, 2.45) is 5.92 Å². The van der Waals surface area contributed by atoms with E-state index in [4.69, 9.17) is 0 Å². The maximum atomic E-state index is 12.9. The van der Waals surface area contributed by atoms with E-state index in [-0.39, 0.29) is 5.56 Å². The average Bonchev–Trinajstić information content (AvgIpc) is 2.94. The fourth-order valence-corrected chi connectivity index (χ4v) is 3.55. The largest absolute Gasteiger partial charge is 0.299 e. The second-order valence-electron chi connectivity index (χ2n) is 6.55. The molecule has 0 saturated carbocycles. The van der Waals surface area contributed by atoms with Gasteiger partial charge >= 0.3 is 0 Å². The highest BCUT2D eigenvalue weighted by Crippen LogP contribution is 2.31. The zero-order chi connectivity index (χ0) is 16.6. The summed E-state index contributed by atoms with van der Waals surface area (Å²) in [6.45, 7) is 9.27. The van der Waals surface area contributed by atoms with Crippen molar-refractivity contribution in [3.63, 3.8) is 0 Å². The van der Waals surface area contributed by atoms with Gasteiger partial charge in [-0.1, -0.05) is 32.0 Å². The molecule has 0 atom stereocenters. The molecule has 0 spiro atoms. The van der Waals surface area contributed by atoms with Crippen molar-refractivity contribution >= 4 is 21.6 Å². The van der Waals surface area contributed by atoms with Crippen LogP contribution in [0.1, 0.15) is 31.4 Å². The molecule has 0 fully saturated rings. The molecular formula is C19H22N2OS. The molecule has 3 aromatic rings. The number of rotatable bonds is 4. The fourth-order valence-electron chi connectivity index (χ4n) is 2.65. The van der Waals surface area contributed by atoms with Crippen molar-refractivity contribution in [2.45, 2.75) is 40.7 Å². The van der Waals surface area contributed by atoms with E-state index in [1.165, 1.54) is 11.1 Å². The highest BCUT2D eigenvalue weighted by Gasteiger charge is 2.13. The lowest BCUT2D eigenvalue weighted by molar-refractivity contribution is 0.506. The number of benzene rings is 1. The van der Waals surface area contributed by atoms with Gasteiger partial charge in [-0.25, -0.2) is 4.98 Å². The summed E-state index contributed by atoms with van der Waals surface area (Å²) in [5.74, 6) is 0.569. The molecule has 2 aromatic heterocycles. The third-order valence-electron chi connectivity index (χ3n) is 4.33. The second-order valence-corrected chi connectivity index (χ2v) is 7.41. The van der Waals surface area contributed by atoms with Gasteiger partial charge in [0.2, 0.25) is 0 Å². The molecule has 0 aliphatic heterocycles. The third kappa shape index (κ3) is 3.08. The molecule has 0 unspecified atom stereocenters. The zero-order valence-corrected chi connectivity index (χ0v) is 14.9. The predicted octanol–water partition coefficient (Wildman–Crippen LogP) is 4.79. The van der Waals surface area contributed by atoms with Gasteiger partial charge in [-0.3, -0.25) is 9.36 Å². The van der Waals surface area contributed by atoms with Crippen LogP contribution < -0.4 is 5.56 Å². The maximum absolute atomic E-state index is 12.9. The minimum atomic E-state index is 0.0742. The smallest absolute Gasteiger partial charge is 0.262 e. The molecular weight excluding hydrogens is 304 g/mol. The van der Waals surface area contributed by atoms with Gasteiger partial charge in [0.05, 0.1) is 11.7 Å². The number of nitrogens with zero attached hydrogens (tertiary/aromatic N) is 2. The Bertz CT molecular complexity index is 905. The Kier molecular flexibility index (Phi) is 4.35. The van der Waals surface area contributed by atoms with Crippen LogP contribution in [0.3, 0.4) is 0 Å². The molecule has 3 nitrogen and oxygen atoms in total. The van der Waals surface area contributed by atoms with Gasteiger partial charge in [0, 0.05) is 17.5 Å². The molecule has 0 amide bonds. The van der Waals surface area contributed by atoms with E-state index in [1.807, 2.05) is 0 Å². The van der Waals surface area contributed by atoms with Crippen molar-refractivity contribution in [2.75, 3.05) is 0 Å². The molecule has 4 heteroatoms. The van der Waals surface area contributed by atoms with E-state index in [0.717, 1.165) is 34.3 Å². The van der Waals surface area contributed by atoms with Gasteiger partial charge < -0.3 is 0 Å². The van der Waals surface area contributed by atoms with E-state index >= 15 is 0 Å². The van der Waals surface area contributed by atoms with Crippen LogP contribution in [0.25, 0.3) is 21.3 Å². The summed E-state index contributed by atoms with van der Waals surface area (Å²) in [6, 6.07) is 6.36. The minimum absolute atomic E-state index is 0.0742. The lowest BCUT2D eigenvalue weighted by Gasteiger charge is -2.08. The van der Waals surface area contributed by atoms with Crippen LogP contribution in [-0.4, -0.2) is 9.55 Å². The van der Waals surface area contributed by atoms with Crippen LogP contribution in [0.2, 0.25) is 0 Å². The van der Waals surface area contributed by atoms with Gasteiger partial charge in [-0.05, 0) is 42.9 Å². The normalized spacial score (nSPS) is 11.5. The lowest BCUT2D eigenvalue weighted by Crippen LogP contribution is -2.21. The van der Waals surface area contributed by atoms with Crippen molar-refractivity contribution in [1.29, 1.82) is 0 Å². The van der Waals surface area contributed by atoms with E-state index in [0.29, 0.717) is 5.92 Å². The summed E-state index contributed by atoms with van der Waals surface area (Å²) < 4.78 is 1.75. The van der Waals surface area contributed by atoms with Crippen molar-refractivity contribution in [3.05, 3.63) is 51.4 Å². The number of hydrogen-bond acceptors (Lipinski definition) is 3. The monoisotopic (exact) mass is 326 g/mol. The van der Waals surface area contributed by atoms with Gasteiger partial charge in [0.15, 0.2) is 0 Å². The Morgan fingerprint density at radius 1 is 1.22 bits per heavy atom. The second kappa shape index (κ2) is 6.28. The number of aromatic nitrogens is 2. The SMILES string of the molecule is Cc1ccc(-c2csc3ncn(CCC(C)C)c(=O)c23)cc1C. The van der Waals surface area contributed by atoms with Crippen LogP contribution in [0, 0.1) is 19.8 Å². The molecule has 2 heterocycles. The first-order chi connectivity index (χ1) is 11.0. The number of thiophene rings is 1. The first-order valence-corrected chi connectivity index (χ1v) is 8.89. The topological polar surface area (TPSA) is 34.9 Å². The van der Waals surface area contributed by atoms with Crippen molar-refractivity contribution < 1.29 is 0 Å². The molecule has 0 aliphatic rings. The maximum Gasteiger partial charge on any atom is 0.262 e. The fraction of sp³-hybridized carbons (Fsp3) is 0.368. The molecule has 0 radical (unpaired) electrons. The standard InChI is InChI=1S/C19H22N2OS/c1-12(2)7-8-21-11-20-18-17(19(21)22)16(10-23-18)15-6-5-13(3)14(4)9-15/h5-6,9-12H,7-8H2,1-4H3. The summed E-state index contributed by atoms with van der Waals surface area (Å²) in [7, 11) is 0. The van der Waals surface area contributed by atoms with Crippen molar-refractivity contribution in [1.82, 2.24) is 9.55 Å². The number of fused-ring (bicyclic) bond motifs is 1. The molecule has 0 aliphatic carbocycles. The van der Waals surface area contributed by atoms with Gasteiger partial charge in [-0.15, -0.1) is 11.3 Å². The van der Waals surface area contributed by atoms with Crippen LogP contribution in [0.15, 0.2) is 34.7 Å². The Hall–Kier alpha value is -1.94. The Morgan fingerprint density at radius 2 is 2.00 bits per heavy atom. The first kappa shape index (κ1) is 15.9. The Balaban J connectivity index is 2.13. The lowest BCUT2D eigenvalue weighted by atomic mass is 10.0. The summed E-state index contributed by atoms with van der Waals surface area (Å²) >= 11 is 1.54. The Morgan fingerprint density at radius 3 is 2.70 bits per heavy atom. The first-order valence-electron chi connectivity index (χ1n) is 8.01. The summed E-state index contributed by atoms with van der Waals surface area (Å²) in [5, 5.41) is 2.81. The number of aryl methyl sites for hydroxylation is 3. The summed E-state index contributed by atoms with van der Waals surface area (Å²) in [5.41, 5.74) is 4.68. The summed E-state index contributed by atoms with van der Waals surface area (Å²) in [6.07, 6.45) is 2.67. The van der Waals surface area contributed by atoms with Gasteiger partial charge in [-0.2, -0.15) is 0 Å². The summed E-state index contributed by atoms with van der Waals surface area (Å²) in [4.78, 5) is 18.2. The quantitative estimate of drug-likeness (QED) is 0.691. The van der Waals surface area contributed by atoms with Crippen LogP contribution in [0.5, 0.6) is 0 Å². The highest BCUT2D eigenvalue weighted by molar-refractivity contribution is 7.17. The van der Waals surface area contributed by atoms with E-state index < -0.39 is 0 Å². The minimum Gasteiger partial charge on any atom is -0.299 e. The molecule has 0 N–H and O–H groups in total. The van der Waals surface area contributed by atoms with Crippen molar-refractivity contribution in [3.8, 4) is 11.1 Å². The van der Waals surface area contributed by atoms with Crippen LogP contribution in [0.4, 0.5) is 0 Å². The molecule has 0 saturated heterocycles. The van der Waals surface area contributed by atoms with Crippen LogP contribution >= 0.6 is 11.3 Å². The molecule has 0 bridgehead atoms. The van der Waals surface area contributed by atoms with Crippen LogP contribution in [-0.2, 0) is 6.54 Å². The van der Waals surface area contributed by atoms with E-state index in [1.54, 1.807) is 22.2 Å². The highest BCUT2D eigenvalue weighted by atomic mass is 32.1.